The first-order valence-electron chi connectivity index (χ1n) is 6.45. The Morgan fingerprint density at radius 3 is 2.71 bits per heavy atom. The molecular formula is C16H13BrFN3. The second-order valence-corrected chi connectivity index (χ2v) is 5.53. The van der Waals surface area contributed by atoms with Gasteiger partial charge in [0.2, 0.25) is 0 Å². The molecule has 0 saturated heterocycles. The second kappa shape index (κ2) is 5.89. The zero-order valence-corrected chi connectivity index (χ0v) is 12.6. The monoisotopic (exact) mass is 345 g/mol. The van der Waals surface area contributed by atoms with Gasteiger partial charge >= 0.3 is 0 Å². The van der Waals surface area contributed by atoms with Gasteiger partial charge in [-0.3, -0.25) is 10.8 Å². The lowest BCUT2D eigenvalue weighted by Gasteiger charge is -2.20. The predicted molar refractivity (Wildman–Crippen MR) is 85.0 cm³/mol. The van der Waals surface area contributed by atoms with Crippen LogP contribution in [-0.2, 0) is 0 Å². The minimum absolute atomic E-state index is 0.307. The highest BCUT2D eigenvalue weighted by atomic mass is 79.9. The molecule has 3 aromatic rings. The summed E-state index contributed by atoms with van der Waals surface area (Å²) in [5, 5.41) is 1.98. The van der Waals surface area contributed by atoms with Crippen molar-refractivity contribution in [3.05, 3.63) is 76.3 Å². The Labute approximate surface area is 130 Å². The molecule has 3 N–H and O–H groups in total. The van der Waals surface area contributed by atoms with E-state index >= 15 is 0 Å². The fourth-order valence-corrected chi connectivity index (χ4v) is 3.09. The minimum Gasteiger partial charge on any atom is -0.271 e. The number of nitrogens with one attached hydrogen (secondary N) is 1. The average molecular weight is 346 g/mol. The number of fused-ring (bicyclic) bond motifs is 1. The first kappa shape index (κ1) is 14.1. The van der Waals surface area contributed by atoms with Crippen LogP contribution in [-0.4, -0.2) is 4.98 Å². The van der Waals surface area contributed by atoms with Gasteiger partial charge in [0.25, 0.3) is 0 Å². The first-order chi connectivity index (χ1) is 10.2. The number of hydrogen-bond donors (Lipinski definition) is 2. The van der Waals surface area contributed by atoms with Gasteiger partial charge in [0.15, 0.2) is 0 Å². The minimum atomic E-state index is -0.452. The van der Waals surface area contributed by atoms with Crippen molar-refractivity contribution in [2.24, 2.45) is 5.84 Å². The van der Waals surface area contributed by atoms with Gasteiger partial charge < -0.3 is 0 Å². The summed E-state index contributed by atoms with van der Waals surface area (Å²) in [5.74, 6) is 5.41. The number of nitrogens with zero attached hydrogens (tertiary/aromatic N) is 1. The topological polar surface area (TPSA) is 50.9 Å². The van der Waals surface area contributed by atoms with Crippen LogP contribution in [0.5, 0.6) is 0 Å². The Morgan fingerprint density at radius 1 is 1.14 bits per heavy atom. The van der Waals surface area contributed by atoms with Gasteiger partial charge in [-0.2, -0.15) is 0 Å². The van der Waals surface area contributed by atoms with E-state index in [0.717, 1.165) is 16.3 Å². The van der Waals surface area contributed by atoms with E-state index in [2.05, 4.69) is 26.3 Å². The SMILES string of the molecule is NNC(c1c(F)cccc1Br)c1cccc2cnccc12. The van der Waals surface area contributed by atoms with Crippen LogP contribution >= 0.6 is 15.9 Å². The Morgan fingerprint density at radius 2 is 1.95 bits per heavy atom. The van der Waals surface area contributed by atoms with Crippen LogP contribution in [0.3, 0.4) is 0 Å². The van der Waals surface area contributed by atoms with Crippen LogP contribution in [0, 0.1) is 5.82 Å². The van der Waals surface area contributed by atoms with Crippen LogP contribution in [0.4, 0.5) is 4.39 Å². The summed E-state index contributed by atoms with van der Waals surface area (Å²) in [6.07, 6.45) is 3.50. The maximum Gasteiger partial charge on any atom is 0.129 e. The third kappa shape index (κ3) is 2.55. The third-order valence-corrected chi connectivity index (χ3v) is 4.17. The largest absolute Gasteiger partial charge is 0.271 e. The maximum atomic E-state index is 14.2. The molecule has 21 heavy (non-hydrogen) atoms. The van der Waals surface area contributed by atoms with E-state index in [9.17, 15) is 4.39 Å². The van der Waals surface area contributed by atoms with Crippen LogP contribution in [0.1, 0.15) is 17.2 Å². The van der Waals surface area contributed by atoms with E-state index < -0.39 is 6.04 Å². The number of hydrazine groups is 1. The molecule has 0 amide bonds. The molecule has 0 aliphatic heterocycles. The molecule has 3 rings (SSSR count). The number of halogens is 2. The lowest BCUT2D eigenvalue weighted by Crippen LogP contribution is -2.30. The third-order valence-electron chi connectivity index (χ3n) is 3.48. The fourth-order valence-electron chi connectivity index (χ4n) is 2.51. The highest BCUT2D eigenvalue weighted by Gasteiger charge is 2.21. The quantitative estimate of drug-likeness (QED) is 0.562. The molecule has 1 aromatic heterocycles. The van der Waals surface area contributed by atoms with Gasteiger partial charge in [-0.25, -0.2) is 9.82 Å². The first-order valence-corrected chi connectivity index (χ1v) is 7.24. The number of benzene rings is 2. The molecule has 0 fully saturated rings. The molecule has 0 saturated carbocycles. The normalized spacial score (nSPS) is 12.5. The molecule has 0 aliphatic rings. The molecule has 0 radical (unpaired) electrons. The molecular weight excluding hydrogens is 333 g/mol. The highest BCUT2D eigenvalue weighted by Crippen LogP contribution is 2.33. The predicted octanol–water partition coefficient (Wildman–Crippen LogP) is 3.69. The number of hydrogen-bond acceptors (Lipinski definition) is 3. The number of aromatic nitrogens is 1. The van der Waals surface area contributed by atoms with Crippen molar-refractivity contribution in [3.63, 3.8) is 0 Å². The zero-order valence-electron chi connectivity index (χ0n) is 11.1. The van der Waals surface area contributed by atoms with Crippen molar-refractivity contribution in [2.75, 3.05) is 0 Å². The van der Waals surface area contributed by atoms with Gasteiger partial charge in [0.1, 0.15) is 5.82 Å². The molecule has 0 bridgehead atoms. The Kier molecular flexibility index (Phi) is 3.96. The summed E-state index contributed by atoms with van der Waals surface area (Å²) in [7, 11) is 0. The van der Waals surface area contributed by atoms with Crippen molar-refractivity contribution in [2.45, 2.75) is 6.04 Å². The van der Waals surface area contributed by atoms with E-state index in [4.69, 9.17) is 5.84 Å². The smallest absolute Gasteiger partial charge is 0.129 e. The molecule has 5 heteroatoms. The highest BCUT2D eigenvalue weighted by molar-refractivity contribution is 9.10. The Balaban J connectivity index is 2.24. The summed E-state index contributed by atoms with van der Waals surface area (Å²) in [4.78, 5) is 4.11. The lowest BCUT2D eigenvalue weighted by molar-refractivity contribution is 0.559. The Hall–Kier alpha value is -1.82. The van der Waals surface area contributed by atoms with Crippen molar-refractivity contribution in [1.82, 2.24) is 10.4 Å². The molecule has 0 aliphatic carbocycles. The van der Waals surface area contributed by atoms with Crippen molar-refractivity contribution in [1.29, 1.82) is 0 Å². The molecule has 1 unspecified atom stereocenters. The van der Waals surface area contributed by atoms with E-state index in [0.29, 0.717) is 10.0 Å². The molecule has 1 heterocycles. The van der Waals surface area contributed by atoms with Crippen molar-refractivity contribution < 1.29 is 4.39 Å². The number of pyridine rings is 1. The standard InChI is InChI=1S/C16H13BrFN3/c17-13-5-2-6-14(18)15(13)16(21-19)12-4-1-3-10-9-20-8-7-11(10)12/h1-9,16,21H,19H2. The van der Waals surface area contributed by atoms with Gasteiger partial charge in [-0.15, -0.1) is 0 Å². The summed E-state index contributed by atoms with van der Waals surface area (Å²) in [6.45, 7) is 0. The van der Waals surface area contributed by atoms with E-state index in [1.807, 2.05) is 24.3 Å². The average Bonchev–Trinajstić information content (AvgIpc) is 2.51. The van der Waals surface area contributed by atoms with Crippen molar-refractivity contribution >= 4 is 26.7 Å². The Bertz CT molecular complexity index is 766. The number of nitrogens with two attached hydrogens (primary N) is 1. The summed E-state index contributed by atoms with van der Waals surface area (Å²) in [5.41, 5.74) is 4.11. The zero-order chi connectivity index (χ0) is 14.8. The molecule has 2 aromatic carbocycles. The van der Waals surface area contributed by atoms with Crippen LogP contribution in [0.15, 0.2) is 59.3 Å². The number of rotatable bonds is 3. The lowest BCUT2D eigenvalue weighted by atomic mass is 9.94. The van der Waals surface area contributed by atoms with Crippen LogP contribution in [0.25, 0.3) is 10.8 Å². The van der Waals surface area contributed by atoms with Gasteiger partial charge in [-0.1, -0.05) is 40.2 Å². The van der Waals surface area contributed by atoms with Gasteiger partial charge in [0.05, 0.1) is 6.04 Å². The molecule has 1 atom stereocenters. The maximum absolute atomic E-state index is 14.2. The molecule has 106 valence electrons. The van der Waals surface area contributed by atoms with E-state index in [1.54, 1.807) is 24.5 Å². The van der Waals surface area contributed by atoms with E-state index in [-0.39, 0.29) is 5.82 Å². The summed E-state index contributed by atoms with van der Waals surface area (Å²) >= 11 is 3.40. The van der Waals surface area contributed by atoms with Gasteiger partial charge in [0, 0.05) is 27.8 Å². The van der Waals surface area contributed by atoms with Crippen molar-refractivity contribution in [3.8, 4) is 0 Å². The van der Waals surface area contributed by atoms with Gasteiger partial charge in [-0.05, 0) is 29.1 Å². The molecule has 3 nitrogen and oxygen atoms in total. The summed E-state index contributed by atoms with van der Waals surface area (Å²) in [6, 6.07) is 12.2. The second-order valence-electron chi connectivity index (χ2n) is 4.68. The van der Waals surface area contributed by atoms with Crippen LogP contribution in [0.2, 0.25) is 0 Å². The fraction of sp³-hybridized carbons (Fsp3) is 0.0625. The van der Waals surface area contributed by atoms with Crippen LogP contribution < -0.4 is 11.3 Å². The molecule has 0 spiro atoms. The van der Waals surface area contributed by atoms with E-state index in [1.165, 1.54) is 6.07 Å². The summed E-state index contributed by atoms with van der Waals surface area (Å²) < 4.78 is 14.9.